The minimum atomic E-state index is 0.298. The van der Waals surface area contributed by atoms with Gasteiger partial charge in [-0.25, -0.2) is 9.67 Å². The predicted molar refractivity (Wildman–Crippen MR) is 75.6 cm³/mol. The molecule has 19 heavy (non-hydrogen) atoms. The van der Waals surface area contributed by atoms with Gasteiger partial charge in [0.05, 0.1) is 11.4 Å². The SMILES string of the molecule is NC1CCC(Nc2cc(Cl)ccc2-n2cncn2)C1. The van der Waals surface area contributed by atoms with Crippen molar-refractivity contribution in [2.75, 3.05) is 5.32 Å². The third-order valence-electron chi connectivity index (χ3n) is 3.46. The molecule has 1 aliphatic carbocycles. The molecule has 5 nitrogen and oxygen atoms in total. The van der Waals surface area contributed by atoms with Gasteiger partial charge in [0, 0.05) is 17.1 Å². The molecule has 0 spiro atoms. The van der Waals surface area contributed by atoms with Crippen molar-refractivity contribution in [2.24, 2.45) is 5.73 Å². The smallest absolute Gasteiger partial charge is 0.138 e. The van der Waals surface area contributed by atoms with Crippen LogP contribution in [-0.4, -0.2) is 26.8 Å². The highest BCUT2D eigenvalue weighted by Gasteiger charge is 2.22. The number of rotatable bonds is 3. The van der Waals surface area contributed by atoms with Gasteiger partial charge in [-0.2, -0.15) is 5.10 Å². The highest BCUT2D eigenvalue weighted by Crippen LogP contribution is 2.28. The summed E-state index contributed by atoms with van der Waals surface area (Å²) in [6, 6.07) is 6.41. The topological polar surface area (TPSA) is 68.8 Å². The molecule has 3 N–H and O–H groups in total. The van der Waals surface area contributed by atoms with Crippen LogP contribution in [0.4, 0.5) is 5.69 Å². The zero-order valence-corrected chi connectivity index (χ0v) is 11.2. The number of nitrogens with two attached hydrogens (primary N) is 1. The Balaban J connectivity index is 1.89. The van der Waals surface area contributed by atoms with E-state index in [1.165, 1.54) is 6.33 Å². The molecule has 1 fully saturated rings. The van der Waals surface area contributed by atoms with E-state index in [2.05, 4.69) is 15.4 Å². The molecular formula is C13H16ClN5. The van der Waals surface area contributed by atoms with Gasteiger partial charge in [0.15, 0.2) is 0 Å². The Morgan fingerprint density at radius 3 is 2.95 bits per heavy atom. The van der Waals surface area contributed by atoms with Crippen molar-refractivity contribution in [3.8, 4) is 5.69 Å². The van der Waals surface area contributed by atoms with Crippen molar-refractivity contribution in [1.29, 1.82) is 0 Å². The van der Waals surface area contributed by atoms with Gasteiger partial charge in [0.1, 0.15) is 12.7 Å². The van der Waals surface area contributed by atoms with Crippen molar-refractivity contribution < 1.29 is 0 Å². The lowest BCUT2D eigenvalue weighted by Crippen LogP contribution is -2.21. The fraction of sp³-hybridized carbons (Fsp3) is 0.385. The Kier molecular flexibility index (Phi) is 3.40. The zero-order valence-electron chi connectivity index (χ0n) is 10.5. The molecule has 0 amide bonds. The molecule has 0 aliphatic heterocycles. The predicted octanol–water partition coefficient (Wildman–Crippen LogP) is 2.21. The first kappa shape index (κ1) is 12.4. The van der Waals surface area contributed by atoms with E-state index in [0.717, 1.165) is 30.6 Å². The van der Waals surface area contributed by atoms with Gasteiger partial charge in [-0.3, -0.25) is 0 Å². The van der Waals surface area contributed by atoms with Crippen LogP contribution in [0.25, 0.3) is 5.69 Å². The molecule has 1 aromatic carbocycles. The number of nitrogens with one attached hydrogen (secondary N) is 1. The first-order valence-corrected chi connectivity index (χ1v) is 6.77. The van der Waals surface area contributed by atoms with E-state index in [4.69, 9.17) is 17.3 Å². The molecule has 0 bridgehead atoms. The van der Waals surface area contributed by atoms with Gasteiger partial charge >= 0.3 is 0 Å². The van der Waals surface area contributed by atoms with Crippen molar-refractivity contribution in [3.63, 3.8) is 0 Å². The number of aromatic nitrogens is 3. The van der Waals surface area contributed by atoms with Crippen LogP contribution in [0.2, 0.25) is 5.02 Å². The Morgan fingerprint density at radius 2 is 2.26 bits per heavy atom. The number of benzene rings is 1. The van der Waals surface area contributed by atoms with E-state index in [1.807, 2.05) is 18.2 Å². The normalized spacial score (nSPS) is 22.6. The molecule has 2 aromatic rings. The second-order valence-corrected chi connectivity index (χ2v) is 5.35. The quantitative estimate of drug-likeness (QED) is 0.903. The summed E-state index contributed by atoms with van der Waals surface area (Å²) in [5, 5.41) is 8.38. The molecule has 0 saturated heterocycles. The molecule has 1 aliphatic rings. The van der Waals surface area contributed by atoms with E-state index >= 15 is 0 Å². The lowest BCUT2D eigenvalue weighted by molar-refractivity contribution is 0.687. The van der Waals surface area contributed by atoms with Crippen LogP contribution in [0.5, 0.6) is 0 Å². The van der Waals surface area contributed by atoms with Gasteiger partial charge in [0.25, 0.3) is 0 Å². The molecule has 2 atom stereocenters. The second-order valence-electron chi connectivity index (χ2n) is 4.92. The summed E-state index contributed by atoms with van der Waals surface area (Å²) in [6.45, 7) is 0. The molecule has 3 rings (SSSR count). The third kappa shape index (κ3) is 2.72. The van der Waals surface area contributed by atoms with Gasteiger partial charge in [-0.15, -0.1) is 0 Å². The molecule has 2 unspecified atom stereocenters. The van der Waals surface area contributed by atoms with E-state index in [9.17, 15) is 0 Å². The lowest BCUT2D eigenvalue weighted by Gasteiger charge is -2.17. The second kappa shape index (κ2) is 5.19. The average Bonchev–Trinajstić information content (AvgIpc) is 3.01. The van der Waals surface area contributed by atoms with Crippen molar-refractivity contribution in [3.05, 3.63) is 35.9 Å². The largest absolute Gasteiger partial charge is 0.380 e. The zero-order chi connectivity index (χ0) is 13.2. The third-order valence-corrected chi connectivity index (χ3v) is 3.69. The molecule has 1 aromatic heterocycles. The maximum atomic E-state index is 6.08. The maximum Gasteiger partial charge on any atom is 0.138 e. The van der Waals surface area contributed by atoms with Crippen LogP contribution >= 0.6 is 11.6 Å². The standard InChI is InChI=1S/C13H16ClN5/c14-9-1-4-13(19-8-16-7-17-19)12(5-9)18-11-3-2-10(15)6-11/h1,4-5,7-8,10-11,18H,2-3,6,15H2. The van der Waals surface area contributed by atoms with Gasteiger partial charge in [0.2, 0.25) is 0 Å². The van der Waals surface area contributed by atoms with E-state index in [0.29, 0.717) is 17.1 Å². The first-order chi connectivity index (χ1) is 9.22. The summed E-state index contributed by atoms with van der Waals surface area (Å²) in [5.41, 5.74) is 7.86. The number of halogens is 1. The lowest BCUT2D eigenvalue weighted by atomic mass is 10.2. The monoisotopic (exact) mass is 277 g/mol. The highest BCUT2D eigenvalue weighted by molar-refractivity contribution is 6.31. The van der Waals surface area contributed by atoms with Crippen molar-refractivity contribution in [1.82, 2.24) is 14.8 Å². The summed E-state index contributed by atoms with van der Waals surface area (Å²) >= 11 is 6.08. The van der Waals surface area contributed by atoms with Crippen LogP contribution in [0.3, 0.4) is 0 Å². The molecule has 6 heteroatoms. The molecule has 1 heterocycles. The number of anilines is 1. The van der Waals surface area contributed by atoms with Crippen LogP contribution in [0, 0.1) is 0 Å². The van der Waals surface area contributed by atoms with Gasteiger partial charge in [-0.05, 0) is 37.5 Å². The fourth-order valence-electron chi connectivity index (χ4n) is 2.52. The van der Waals surface area contributed by atoms with Gasteiger partial charge in [-0.1, -0.05) is 11.6 Å². The molecule has 1 saturated carbocycles. The summed E-state index contributed by atoms with van der Waals surface area (Å²) in [6.07, 6.45) is 6.34. The van der Waals surface area contributed by atoms with E-state index in [1.54, 1.807) is 11.0 Å². The fourth-order valence-corrected chi connectivity index (χ4v) is 2.70. The Labute approximate surface area is 116 Å². The Morgan fingerprint density at radius 1 is 1.37 bits per heavy atom. The number of nitrogens with zero attached hydrogens (tertiary/aromatic N) is 3. The minimum absolute atomic E-state index is 0.298. The molecular weight excluding hydrogens is 262 g/mol. The van der Waals surface area contributed by atoms with E-state index < -0.39 is 0 Å². The number of hydrogen-bond acceptors (Lipinski definition) is 4. The van der Waals surface area contributed by atoms with Crippen LogP contribution in [0.1, 0.15) is 19.3 Å². The summed E-state index contributed by atoms with van der Waals surface area (Å²) < 4.78 is 1.73. The summed E-state index contributed by atoms with van der Waals surface area (Å²) in [5.74, 6) is 0. The van der Waals surface area contributed by atoms with Crippen LogP contribution in [0.15, 0.2) is 30.9 Å². The minimum Gasteiger partial charge on any atom is -0.380 e. The average molecular weight is 278 g/mol. The molecule has 0 radical (unpaired) electrons. The van der Waals surface area contributed by atoms with Crippen LogP contribution < -0.4 is 11.1 Å². The van der Waals surface area contributed by atoms with E-state index in [-0.39, 0.29) is 0 Å². The van der Waals surface area contributed by atoms with Crippen molar-refractivity contribution >= 4 is 17.3 Å². The van der Waals surface area contributed by atoms with Crippen LogP contribution in [-0.2, 0) is 0 Å². The first-order valence-electron chi connectivity index (χ1n) is 6.39. The number of hydrogen-bond donors (Lipinski definition) is 2. The maximum absolute atomic E-state index is 6.08. The van der Waals surface area contributed by atoms with Crippen molar-refractivity contribution in [2.45, 2.75) is 31.3 Å². The summed E-state index contributed by atoms with van der Waals surface area (Å²) in [4.78, 5) is 3.98. The van der Waals surface area contributed by atoms with Gasteiger partial charge < -0.3 is 11.1 Å². The Bertz CT molecular complexity index is 554. The highest BCUT2D eigenvalue weighted by atomic mass is 35.5. The Hall–Kier alpha value is -1.59. The molecule has 100 valence electrons. The summed E-state index contributed by atoms with van der Waals surface area (Å²) in [7, 11) is 0.